The summed E-state index contributed by atoms with van der Waals surface area (Å²) >= 11 is 1.31. The molecule has 10 heteroatoms. The molecule has 2 aromatic rings. The second-order valence-electron chi connectivity index (χ2n) is 6.71. The monoisotopic (exact) mass is 405 g/mol. The van der Waals surface area contributed by atoms with E-state index in [2.05, 4.69) is 15.6 Å². The minimum Gasteiger partial charge on any atom is -0.349 e. The number of nitro benzene ring substituents is 1. The van der Waals surface area contributed by atoms with E-state index in [4.69, 9.17) is 0 Å². The number of rotatable bonds is 7. The van der Waals surface area contributed by atoms with E-state index in [1.165, 1.54) is 35.6 Å². The fourth-order valence-electron chi connectivity index (χ4n) is 2.32. The van der Waals surface area contributed by atoms with Crippen LogP contribution in [0, 0.1) is 10.1 Å². The summed E-state index contributed by atoms with van der Waals surface area (Å²) in [4.78, 5) is 40.8. The van der Waals surface area contributed by atoms with Crippen molar-refractivity contribution in [2.24, 2.45) is 0 Å². The van der Waals surface area contributed by atoms with Crippen molar-refractivity contribution in [3.63, 3.8) is 0 Å². The van der Waals surface area contributed by atoms with Crippen LogP contribution in [0.25, 0.3) is 0 Å². The lowest BCUT2D eigenvalue weighted by Crippen LogP contribution is -2.39. The first-order chi connectivity index (χ1) is 13.2. The number of nitro groups is 1. The van der Waals surface area contributed by atoms with E-state index in [0.717, 1.165) is 0 Å². The molecule has 0 fully saturated rings. The molecule has 0 saturated heterocycles. The molecule has 0 aliphatic heterocycles. The van der Waals surface area contributed by atoms with E-state index in [0.29, 0.717) is 16.4 Å². The molecule has 0 unspecified atom stereocenters. The van der Waals surface area contributed by atoms with Crippen molar-refractivity contribution in [1.82, 2.24) is 15.2 Å². The summed E-state index contributed by atoms with van der Waals surface area (Å²) in [6, 6.07) is 5.16. The molecule has 9 nitrogen and oxygen atoms in total. The highest BCUT2D eigenvalue weighted by Gasteiger charge is 2.20. The van der Waals surface area contributed by atoms with Crippen molar-refractivity contribution in [2.45, 2.75) is 46.3 Å². The maximum Gasteiger partial charge on any atom is 0.322 e. The third-order valence-electron chi connectivity index (χ3n) is 3.72. The van der Waals surface area contributed by atoms with Crippen LogP contribution in [0.2, 0.25) is 0 Å². The van der Waals surface area contributed by atoms with Crippen LogP contribution >= 0.6 is 11.3 Å². The van der Waals surface area contributed by atoms with Crippen LogP contribution in [0.5, 0.6) is 0 Å². The highest BCUT2D eigenvalue weighted by atomic mass is 32.1. The van der Waals surface area contributed by atoms with Crippen molar-refractivity contribution in [1.29, 1.82) is 0 Å². The number of aromatic nitrogens is 1. The molecule has 2 rings (SSSR count). The fraction of sp³-hybridized carbons (Fsp3) is 0.389. The molecule has 28 heavy (non-hydrogen) atoms. The number of nitrogens with one attached hydrogen (secondary N) is 2. The van der Waals surface area contributed by atoms with Crippen molar-refractivity contribution < 1.29 is 14.5 Å². The lowest BCUT2D eigenvalue weighted by Gasteiger charge is -2.26. The van der Waals surface area contributed by atoms with Gasteiger partial charge in [0.1, 0.15) is 10.7 Å². The Morgan fingerprint density at radius 3 is 2.39 bits per heavy atom. The van der Waals surface area contributed by atoms with Gasteiger partial charge in [-0.1, -0.05) is 0 Å². The number of hydrogen-bond donors (Lipinski definition) is 2. The van der Waals surface area contributed by atoms with E-state index >= 15 is 0 Å². The fourth-order valence-corrected chi connectivity index (χ4v) is 3.09. The smallest absolute Gasteiger partial charge is 0.322 e. The van der Waals surface area contributed by atoms with Crippen LogP contribution < -0.4 is 10.6 Å². The zero-order valence-electron chi connectivity index (χ0n) is 16.1. The van der Waals surface area contributed by atoms with E-state index in [9.17, 15) is 19.7 Å². The SMILES string of the molecule is CC(C)NC(=O)c1csc(CN(C(=O)Nc2ccc([N+](=O)[O-])cc2)C(C)C)n1. The molecular weight excluding hydrogens is 382 g/mol. The predicted molar refractivity (Wildman–Crippen MR) is 108 cm³/mol. The van der Waals surface area contributed by atoms with Gasteiger partial charge in [-0.25, -0.2) is 9.78 Å². The molecule has 0 saturated carbocycles. The molecule has 3 amide bonds. The van der Waals surface area contributed by atoms with Gasteiger partial charge in [-0.05, 0) is 39.8 Å². The first kappa shape index (κ1) is 21.3. The highest BCUT2D eigenvalue weighted by Crippen LogP contribution is 2.18. The summed E-state index contributed by atoms with van der Waals surface area (Å²) in [6.45, 7) is 7.73. The van der Waals surface area contributed by atoms with Gasteiger partial charge in [-0.3, -0.25) is 14.9 Å². The van der Waals surface area contributed by atoms with Gasteiger partial charge in [0.15, 0.2) is 0 Å². The average molecular weight is 405 g/mol. The summed E-state index contributed by atoms with van der Waals surface area (Å²) in [5, 5.41) is 18.5. The number of non-ortho nitro benzene ring substituents is 1. The van der Waals surface area contributed by atoms with Crippen molar-refractivity contribution >= 4 is 34.6 Å². The standard InChI is InChI=1S/C18H23N5O4S/c1-11(2)19-17(24)15-10-28-16(21-15)9-22(12(3)4)18(25)20-13-5-7-14(8-6-13)23(26)27/h5-8,10-12H,9H2,1-4H3,(H,19,24)(H,20,25). The van der Waals surface area contributed by atoms with Gasteiger partial charge in [-0.15, -0.1) is 11.3 Å². The molecular formula is C18H23N5O4S. The highest BCUT2D eigenvalue weighted by molar-refractivity contribution is 7.09. The summed E-state index contributed by atoms with van der Waals surface area (Å²) in [5.41, 5.74) is 0.735. The zero-order chi connectivity index (χ0) is 20.8. The Balaban J connectivity index is 2.06. The van der Waals surface area contributed by atoms with Crippen LogP contribution in [-0.2, 0) is 6.54 Å². The topological polar surface area (TPSA) is 117 Å². The van der Waals surface area contributed by atoms with Gasteiger partial charge in [0.25, 0.3) is 11.6 Å². The van der Waals surface area contributed by atoms with Gasteiger partial charge in [0.05, 0.1) is 11.5 Å². The third kappa shape index (κ3) is 5.74. The van der Waals surface area contributed by atoms with Crippen LogP contribution in [0.3, 0.4) is 0 Å². The molecule has 2 N–H and O–H groups in total. The Labute approximate surface area is 166 Å². The second kappa shape index (κ2) is 9.27. The largest absolute Gasteiger partial charge is 0.349 e. The minimum absolute atomic E-state index is 0.0114. The number of urea groups is 1. The third-order valence-corrected chi connectivity index (χ3v) is 4.56. The van der Waals surface area contributed by atoms with Gasteiger partial charge < -0.3 is 15.5 Å². The molecule has 1 aromatic carbocycles. The normalized spacial score (nSPS) is 10.8. The summed E-state index contributed by atoms with van der Waals surface area (Å²) in [6.07, 6.45) is 0. The van der Waals surface area contributed by atoms with Crippen LogP contribution in [0.1, 0.15) is 43.2 Å². The zero-order valence-corrected chi connectivity index (χ0v) is 16.9. The first-order valence-corrected chi connectivity index (χ1v) is 9.62. The number of hydrogen-bond acceptors (Lipinski definition) is 6. The number of carbonyl (C=O) groups excluding carboxylic acids is 2. The molecule has 1 aromatic heterocycles. The van der Waals surface area contributed by atoms with Crippen LogP contribution in [-0.4, -0.2) is 38.8 Å². The molecule has 0 spiro atoms. The lowest BCUT2D eigenvalue weighted by atomic mass is 10.3. The molecule has 0 aliphatic rings. The van der Waals surface area contributed by atoms with Gasteiger partial charge in [-0.2, -0.15) is 0 Å². The number of benzene rings is 1. The molecule has 0 bridgehead atoms. The van der Waals surface area contributed by atoms with Crippen molar-refractivity contribution in [3.05, 3.63) is 50.5 Å². The lowest BCUT2D eigenvalue weighted by molar-refractivity contribution is -0.384. The predicted octanol–water partition coefficient (Wildman–Crippen LogP) is 3.63. The van der Waals surface area contributed by atoms with Gasteiger partial charge >= 0.3 is 6.03 Å². The van der Waals surface area contributed by atoms with E-state index in [1.807, 2.05) is 27.7 Å². The van der Waals surface area contributed by atoms with E-state index in [1.54, 1.807) is 10.3 Å². The van der Waals surface area contributed by atoms with Gasteiger partial charge in [0, 0.05) is 35.3 Å². The number of carbonyl (C=O) groups is 2. The maximum atomic E-state index is 12.6. The first-order valence-electron chi connectivity index (χ1n) is 8.74. The number of thiazole rings is 1. The van der Waals surface area contributed by atoms with E-state index in [-0.39, 0.29) is 36.3 Å². The Hall–Kier alpha value is -3.01. The Morgan fingerprint density at radius 2 is 1.86 bits per heavy atom. The maximum absolute atomic E-state index is 12.6. The second-order valence-corrected chi connectivity index (χ2v) is 7.65. The van der Waals surface area contributed by atoms with Crippen molar-refractivity contribution in [3.8, 4) is 0 Å². The Kier molecular flexibility index (Phi) is 7.05. The van der Waals surface area contributed by atoms with Crippen molar-refractivity contribution in [2.75, 3.05) is 5.32 Å². The Bertz CT molecular complexity index is 848. The molecule has 150 valence electrons. The molecule has 0 aliphatic carbocycles. The number of anilines is 1. The minimum atomic E-state index is -0.499. The summed E-state index contributed by atoms with van der Waals surface area (Å²) < 4.78 is 0. The number of amides is 3. The Morgan fingerprint density at radius 1 is 1.21 bits per heavy atom. The summed E-state index contributed by atoms with van der Waals surface area (Å²) in [7, 11) is 0. The molecule has 0 atom stereocenters. The molecule has 0 radical (unpaired) electrons. The van der Waals surface area contributed by atoms with Crippen LogP contribution in [0.15, 0.2) is 29.6 Å². The van der Waals surface area contributed by atoms with Gasteiger partial charge in [0.2, 0.25) is 0 Å². The average Bonchev–Trinajstić information content (AvgIpc) is 3.08. The van der Waals surface area contributed by atoms with E-state index < -0.39 is 4.92 Å². The van der Waals surface area contributed by atoms with Crippen LogP contribution in [0.4, 0.5) is 16.2 Å². The molecule has 1 heterocycles. The number of nitrogens with zero attached hydrogens (tertiary/aromatic N) is 3. The summed E-state index contributed by atoms with van der Waals surface area (Å²) in [5.74, 6) is -0.246. The quantitative estimate of drug-likeness (QED) is 0.539.